The van der Waals surface area contributed by atoms with Gasteiger partial charge in [0.25, 0.3) is 0 Å². The zero-order chi connectivity index (χ0) is 13.9. The van der Waals surface area contributed by atoms with Crippen LogP contribution in [0, 0.1) is 0 Å². The van der Waals surface area contributed by atoms with Crippen molar-refractivity contribution in [2.45, 2.75) is 12.2 Å². The first-order valence-corrected chi connectivity index (χ1v) is 5.61. The molecule has 1 aromatic carbocycles. The second-order valence-corrected chi connectivity index (χ2v) is 4.32. The lowest BCUT2D eigenvalue weighted by Gasteiger charge is -2.16. The van der Waals surface area contributed by atoms with Crippen molar-refractivity contribution in [3.05, 3.63) is 28.2 Å². The van der Waals surface area contributed by atoms with Crippen LogP contribution in [0.25, 0.3) is 0 Å². The van der Waals surface area contributed by atoms with Crippen LogP contribution in [-0.2, 0) is 11.0 Å². The highest BCUT2D eigenvalue weighted by molar-refractivity contribution is 9.10. The minimum absolute atomic E-state index is 0.0303. The Hall–Kier alpha value is -1.28. The molecule has 1 atom stereocenters. The number of nitrogens with two attached hydrogens (primary N) is 1. The van der Waals surface area contributed by atoms with Gasteiger partial charge < -0.3 is 16.2 Å². The number of hydrogen-bond donors (Lipinski definition) is 3. The van der Waals surface area contributed by atoms with Crippen molar-refractivity contribution in [1.82, 2.24) is 0 Å². The Bertz CT molecular complexity index is 451. The first kappa shape index (κ1) is 14.8. The van der Waals surface area contributed by atoms with E-state index in [0.717, 1.165) is 12.1 Å². The normalized spacial score (nSPS) is 13.2. The van der Waals surface area contributed by atoms with E-state index in [2.05, 4.69) is 21.2 Å². The molecule has 100 valence electrons. The van der Waals surface area contributed by atoms with E-state index in [1.165, 1.54) is 6.07 Å². The third-order valence-corrected chi connectivity index (χ3v) is 2.85. The van der Waals surface area contributed by atoms with Crippen LogP contribution in [-0.4, -0.2) is 23.7 Å². The lowest BCUT2D eigenvalue weighted by molar-refractivity contribution is -0.138. The summed E-state index contributed by atoms with van der Waals surface area (Å²) in [6.07, 6.45) is -4.49. The highest BCUT2D eigenvalue weighted by Gasteiger charge is 2.31. The van der Waals surface area contributed by atoms with Crippen molar-refractivity contribution < 1.29 is 23.1 Å². The van der Waals surface area contributed by atoms with Gasteiger partial charge in [0.15, 0.2) is 0 Å². The van der Waals surface area contributed by atoms with Crippen LogP contribution < -0.4 is 11.1 Å². The zero-order valence-corrected chi connectivity index (χ0v) is 10.5. The van der Waals surface area contributed by atoms with E-state index in [4.69, 9.17) is 10.8 Å². The van der Waals surface area contributed by atoms with E-state index < -0.39 is 23.8 Å². The summed E-state index contributed by atoms with van der Waals surface area (Å²) in [6.45, 7) is -0.238. The van der Waals surface area contributed by atoms with Crippen LogP contribution in [0.15, 0.2) is 22.7 Å². The van der Waals surface area contributed by atoms with Gasteiger partial charge in [0.2, 0.25) is 0 Å². The van der Waals surface area contributed by atoms with Crippen molar-refractivity contribution in [3.8, 4) is 0 Å². The maximum atomic E-state index is 12.5. The monoisotopic (exact) mass is 326 g/mol. The Morgan fingerprint density at radius 3 is 2.56 bits per heavy atom. The van der Waals surface area contributed by atoms with Gasteiger partial charge in [-0.3, -0.25) is 0 Å². The summed E-state index contributed by atoms with van der Waals surface area (Å²) >= 11 is 3.04. The minimum Gasteiger partial charge on any atom is -0.480 e. The van der Waals surface area contributed by atoms with E-state index >= 15 is 0 Å². The van der Waals surface area contributed by atoms with Crippen molar-refractivity contribution in [2.24, 2.45) is 5.73 Å². The number of benzene rings is 1. The highest BCUT2D eigenvalue weighted by atomic mass is 79.9. The van der Waals surface area contributed by atoms with Gasteiger partial charge >= 0.3 is 12.1 Å². The van der Waals surface area contributed by atoms with E-state index in [1.807, 2.05) is 0 Å². The molecule has 18 heavy (non-hydrogen) atoms. The lowest BCUT2D eigenvalue weighted by atomic mass is 10.1. The molecule has 0 aromatic heterocycles. The number of halogens is 4. The molecule has 4 N–H and O–H groups in total. The van der Waals surface area contributed by atoms with Gasteiger partial charge in [-0.25, -0.2) is 4.79 Å². The van der Waals surface area contributed by atoms with Gasteiger partial charge in [-0.15, -0.1) is 0 Å². The average molecular weight is 327 g/mol. The molecule has 0 fully saturated rings. The van der Waals surface area contributed by atoms with Crippen molar-refractivity contribution >= 4 is 27.6 Å². The predicted octanol–water partition coefficient (Wildman–Crippen LogP) is 2.29. The summed E-state index contributed by atoms with van der Waals surface area (Å²) in [6, 6.07) is 1.77. The fourth-order valence-electron chi connectivity index (χ4n) is 1.22. The van der Waals surface area contributed by atoms with Gasteiger partial charge in [-0.05, 0) is 34.1 Å². The first-order chi connectivity index (χ1) is 8.25. The molecule has 0 saturated carbocycles. The first-order valence-electron chi connectivity index (χ1n) is 4.82. The maximum Gasteiger partial charge on any atom is 0.416 e. The van der Waals surface area contributed by atoms with Crippen LogP contribution in [0.4, 0.5) is 18.9 Å². The molecule has 0 aliphatic carbocycles. The standard InChI is InChI=1S/C10H10BrF3N2O2/c11-6-2-1-5(10(12,13)14)3-7(6)16-8(4-15)9(17)18/h1-3,8,16H,4,15H2,(H,17,18). The molecule has 1 aromatic rings. The summed E-state index contributed by atoms with van der Waals surface area (Å²) in [4.78, 5) is 10.7. The fourth-order valence-corrected chi connectivity index (χ4v) is 1.58. The Morgan fingerprint density at radius 1 is 1.50 bits per heavy atom. The third-order valence-electron chi connectivity index (χ3n) is 2.16. The van der Waals surface area contributed by atoms with Crippen LogP contribution >= 0.6 is 15.9 Å². The van der Waals surface area contributed by atoms with Gasteiger partial charge in [0.05, 0.1) is 5.56 Å². The van der Waals surface area contributed by atoms with Crippen molar-refractivity contribution in [1.29, 1.82) is 0 Å². The topological polar surface area (TPSA) is 75.3 Å². The number of hydrogen-bond acceptors (Lipinski definition) is 3. The van der Waals surface area contributed by atoms with Crippen LogP contribution in [0.3, 0.4) is 0 Å². The number of rotatable bonds is 4. The van der Waals surface area contributed by atoms with Gasteiger partial charge in [0, 0.05) is 16.7 Å². The molecule has 0 bridgehead atoms. The molecule has 0 heterocycles. The number of nitrogens with one attached hydrogen (secondary N) is 1. The van der Waals surface area contributed by atoms with E-state index in [9.17, 15) is 18.0 Å². The SMILES string of the molecule is NCC(Nc1cc(C(F)(F)F)ccc1Br)C(=O)O. The minimum atomic E-state index is -4.49. The quantitative estimate of drug-likeness (QED) is 0.793. The highest BCUT2D eigenvalue weighted by Crippen LogP contribution is 2.34. The van der Waals surface area contributed by atoms with Crippen LogP contribution in [0.2, 0.25) is 0 Å². The molecule has 1 unspecified atom stereocenters. The molecule has 0 aliphatic heterocycles. The second-order valence-electron chi connectivity index (χ2n) is 3.46. The average Bonchev–Trinajstić information content (AvgIpc) is 2.25. The summed E-state index contributed by atoms with van der Waals surface area (Å²) in [5, 5.41) is 11.2. The summed E-state index contributed by atoms with van der Waals surface area (Å²) in [5.74, 6) is -1.23. The second kappa shape index (κ2) is 5.57. The zero-order valence-electron chi connectivity index (χ0n) is 8.96. The molecular weight excluding hydrogens is 317 g/mol. The van der Waals surface area contributed by atoms with E-state index in [1.54, 1.807) is 0 Å². The molecule has 1 rings (SSSR count). The maximum absolute atomic E-state index is 12.5. The molecule has 0 amide bonds. The summed E-state index contributed by atoms with van der Waals surface area (Å²) in [7, 11) is 0. The van der Waals surface area contributed by atoms with E-state index in [0.29, 0.717) is 4.47 Å². The molecule has 0 radical (unpaired) electrons. The van der Waals surface area contributed by atoms with E-state index in [-0.39, 0.29) is 12.2 Å². The van der Waals surface area contributed by atoms with Gasteiger partial charge in [-0.1, -0.05) is 0 Å². The summed E-state index contributed by atoms with van der Waals surface area (Å²) < 4.78 is 37.8. The molecule has 4 nitrogen and oxygen atoms in total. The number of carboxylic acids is 1. The largest absolute Gasteiger partial charge is 0.480 e. The molecular formula is C10H10BrF3N2O2. The molecule has 8 heteroatoms. The molecule has 0 spiro atoms. The van der Waals surface area contributed by atoms with Gasteiger partial charge in [-0.2, -0.15) is 13.2 Å². The number of aliphatic carboxylic acids is 1. The molecule has 0 saturated heterocycles. The number of anilines is 1. The van der Waals surface area contributed by atoms with Crippen molar-refractivity contribution in [3.63, 3.8) is 0 Å². The Kier molecular flexibility index (Phi) is 4.58. The fraction of sp³-hybridized carbons (Fsp3) is 0.300. The number of carboxylic acid groups (broad SMARTS) is 1. The van der Waals surface area contributed by atoms with Crippen molar-refractivity contribution in [2.75, 3.05) is 11.9 Å². The Balaban J connectivity index is 3.05. The Labute approximate surface area is 109 Å². The van der Waals surface area contributed by atoms with Gasteiger partial charge in [0.1, 0.15) is 6.04 Å². The smallest absolute Gasteiger partial charge is 0.416 e. The number of alkyl halides is 3. The Morgan fingerprint density at radius 2 is 2.11 bits per heavy atom. The van der Waals surface area contributed by atoms with Crippen LogP contribution in [0.5, 0.6) is 0 Å². The summed E-state index contributed by atoms with van der Waals surface area (Å²) in [5.41, 5.74) is 4.38. The van der Waals surface area contributed by atoms with Crippen LogP contribution in [0.1, 0.15) is 5.56 Å². The lowest BCUT2D eigenvalue weighted by Crippen LogP contribution is -2.36. The predicted molar refractivity (Wildman–Crippen MR) is 63.2 cm³/mol. The molecule has 0 aliphatic rings. The third kappa shape index (κ3) is 3.61. The number of carbonyl (C=O) groups is 1.